The van der Waals surface area contributed by atoms with Gasteiger partial charge in [-0.25, -0.2) is 0 Å². The van der Waals surface area contributed by atoms with E-state index in [1.807, 2.05) is 0 Å². The summed E-state index contributed by atoms with van der Waals surface area (Å²) in [7, 11) is 0. The zero-order chi connectivity index (χ0) is 5.98. The van der Waals surface area contributed by atoms with Gasteiger partial charge in [-0.1, -0.05) is 0 Å². The van der Waals surface area contributed by atoms with E-state index in [2.05, 4.69) is 5.32 Å². The SMILES string of the molecule is NC1CNCC1CO. The fourth-order valence-electron chi connectivity index (χ4n) is 0.953. The molecule has 0 amide bonds. The third-order valence-electron chi connectivity index (χ3n) is 1.63. The summed E-state index contributed by atoms with van der Waals surface area (Å²) in [5, 5.41) is 11.7. The fourth-order valence-corrected chi connectivity index (χ4v) is 0.953. The lowest BCUT2D eigenvalue weighted by Gasteiger charge is -2.08. The van der Waals surface area contributed by atoms with Crippen molar-refractivity contribution in [1.82, 2.24) is 5.32 Å². The number of rotatable bonds is 1. The molecule has 1 aliphatic rings. The summed E-state index contributed by atoms with van der Waals surface area (Å²) in [4.78, 5) is 0. The van der Waals surface area contributed by atoms with Gasteiger partial charge in [-0.3, -0.25) is 0 Å². The second-order valence-electron chi connectivity index (χ2n) is 2.26. The summed E-state index contributed by atoms with van der Waals surface area (Å²) in [5.41, 5.74) is 5.57. The quantitative estimate of drug-likeness (QED) is 0.392. The minimum Gasteiger partial charge on any atom is -0.396 e. The molecule has 0 aliphatic carbocycles. The summed E-state index contributed by atoms with van der Waals surface area (Å²) in [6, 6.07) is 0.167. The summed E-state index contributed by atoms with van der Waals surface area (Å²) in [6.07, 6.45) is 0. The lowest BCUT2D eigenvalue weighted by Crippen LogP contribution is -2.30. The van der Waals surface area contributed by atoms with Crippen LogP contribution in [0.15, 0.2) is 0 Å². The highest BCUT2D eigenvalue weighted by molar-refractivity contribution is 4.82. The molecule has 1 rings (SSSR count). The summed E-state index contributed by atoms with van der Waals surface area (Å²) in [6.45, 7) is 1.94. The molecule has 8 heavy (non-hydrogen) atoms. The van der Waals surface area contributed by atoms with Crippen LogP contribution in [-0.2, 0) is 0 Å². The molecule has 2 unspecified atom stereocenters. The molecule has 1 heterocycles. The molecule has 3 nitrogen and oxygen atoms in total. The highest BCUT2D eigenvalue weighted by atomic mass is 16.3. The van der Waals surface area contributed by atoms with Crippen LogP contribution in [0.3, 0.4) is 0 Å². The molecule has 0 saturated carbocycles. The van der Waals surface area contributed by atoms with Crippen LogP contribution in [0.4, 0.5) is 0 Å². The Hall–Kier alpha value is -0.120. The molecule has 48 valence electrons. The first-order valence-electron chi connectivity index (χ1n) is 2.91. The van der Waals surface area contributed by atoms with E-state index in [9.17, 15) is 0 Å². The van der Waals surface area contributed by atoms with Gasteiger partial charge in [0, 0.05) is 31.7 Å². The Morgan fingerprint density at radius 3 is 2.62 bits per heavy atom. The molecule has 1 saturated heterocycles. The zero-order valence-electron chi connectivity index (χ0n) is 4.80. The van der Waals surface area contributed by atoms with Crippen molar-refractivity contribution < 1.29 is 5.11 Å². The van der Waals surface area contributed by atoms with E-state index in [4.69, 9.17) is 10.8 Å². The van der Waals surface area contributed by atoms with Gasteiger partial charge < -0.3 is 16.2 Å². The monoisotopic (exact) mass is 116 g/mol. The van der Waals surface area contributed by atoms with Crippen molar-refractivity contribution in [2.24, 2.45) is 11.7 Å². The van der Waals surface area contributed by atoms with Gasteiger partial charge in [-0.2, -0.15) is 0 Å². The highest BCUT2D eigenvalue weighted by Gasteiger charge is 2.21. The van der Waals surface area contributed by atoms with Crippen LogP contribution in [0.5, 0.6) is 0 Å². The summed E-state index contributed by atoms with van der Waals surface area (Å²) < 4.78 is 0. The van der Waals surface area contributed by atoms with E-state index in [0.717, 1.165) is 13.1 Å². The average molecular weight is 116 g/mol. The molecule has 0 bridgehead atoms. The maximum Gasteiger partial charge on any atom is 0.0486 e. The number of hydrogen-bond donors (Lipinski definition) is 3. The second-order valence-corrected chi connectivity index (χ2v) is 2.26. The van der Waals surface area contributed by atoms with E-state index in [1.165, 1.54) is 0 Å². The Labute approximate surface area is 48.9 Å². The Kier molecular flexibility index (Phi) is 1.83. The van der Waals surface area contributed by atoms with E-state index in [0.29, 0.717) is 0 Å². The molecule has 3 heteroatoms. The van der Waals surface area contributed by atoms with Gasteiger partial charge in [0.25, 0.3) is 0 Å². The predicted octanol–water partition coefficient (Wildman–Crippen LogP) is -1.47. The molecule has 0 aromatic carbocycles. The summed E-state index contributed by atoms with van der Waals surface area (Å²) >= 11 is 0. The smallest absolute Gasteiger partial charge is 0.0486 e. The Bertz CT molecular complexity index is 76.8. The van der Waals surface area contributed by atoms with Crippen LogP contribution < -0.4 is 11.1 Å². The second kappa shape index (κ2) is 2.44. The molecule has 1 aliphatic heterocycles. The fraction of sp³-hybridized carbons (Fsp3) is 1.00. The van der Waals surface area contributed by atoms with E-state index in [1.54, 1.807) is 0 Å². The first-order chi connectivity index (χ1) is 3.84. The molecule has 2 atom stereocenters. The third kappa shape index (κ3) is 0.992. The van der Waals surface area contributed by atoms with Gasteiger partial charge in [0.05, 0.1) is 0 Å². The van der Waals surface area contributed by atoms with Gasteiger partial charge in [-0.05, 0) is 0 Å². The number of nitrogens with one attached hydrogen (secondary N) is 1. The molecule has 0 radical (unpaired) electrons. The molecule has 0 spiro atoms. The van der Waals surface area contributed by atoms with Crippen molar-refractivity contribution >= 4 is 0 Å². The van der Waals surface area contributed by atoms with Crippen molar-refractivity contribution in [3.63, 3.8) is 0 Å². The molecular formula is C5H12N2O. The minimum atomic E-state index is 0.167. The van der Waals surface area contributed by atoms with Gasteiger partial charge in [0.15, 0.2) is 0 Å². The zero-order valence-corrected chi connectivity index (χ0v) is 4.80. The van der Waals surface area contributed by atoms with Crippen LogP contribution in [0.25, 0.3) is 0 Å². The maximum absolute atomic E-state index is 8.62. The Balaban J connectivity index is 2.30. The molecular weight excluding hydrogens is 104 g/mol. The third-order valence-corrected chi connectivity index (χ3v) is 1.63. The number of aliphatic hydroxyl groups excluding tert-OH is 1. The number of hydrogen-bond acceptors (Lipinski definition) is 3. The van der Waals surface area contributed by atoms with Gasteiger partial charge in [0.1, 0.15) is 0 Å². The van der Waals surface area contributed by atoms with Crippen LogP contribution in [-0.4, -0.2) is 30.8 Å². The number of aliphatic hydroxyl groups is 1. The van der Waals surface area contributed by atoms with Gasteiger partial charge in [0.2, 0.25) is 0 Å². The van der Waals surface area contributed by atoms with Crippen molar-refractivity contribution in [2.45, 2.75) is 6.04 Å². The van der Waals surface area contributed by atoms with Crippen LogP contribution in [0.1, 0.15) is 0 Å². The van der Waals surface area contributed by atoms with Crippen molar-refractivity contribution in [3.05, 3.63) is 0 Å². The van der Waals surface area contributed by atoms with E-state index in [-0.39, 0.29) is 18.6 Å². The first kappa shape index (κ1) is 6.01. The van der Waals surface area contributed by atoms with Gasteiger partial charge >= 0.3 is 0 Å². The van der Waals surface area contributed by atoms with E-state index >= 15 is 0 Å². The summed E-state index contributed by atoms with van der Waals surface area (Å²) in [5.74, 6) is 0.287. The normalized spacial score (nSPS) is 38.2. The molecule has 0 aromatic heterocycles. The predicted molar refractivity (Wildman–Crippen MR) is 31.4 cm³/mol. The van der Waals surface area contributed by atoms with Crippen LogP contribution >= 0.6 is 0 Å². The van der Waals surface area contributed by atoms with Crippen molar-refractivity contribution in [1.29, 1.82) is 0 Å². The molecule has 1 fully saturated rings. The minimum absolute atomic E-state index is 0.167. The average Bonchev–Trinajstić information content (AvgIpc) is 2.14. The Morgan fingerprint density at radius 2 is 2.38 bits per heavy atom. The van der Waals surface area contributed by atoms with E-state index < -0.39 is 0 Å². The lowest BCUT2D eigenvalue weighted by molar-refractivity contribution is 0.227. The largest absolute Gasteiger partial charge is 0.396 e. The molecule has 4 N–H and O–H groups in total. The lowest BCUT2D eigenvalue weighted by atomic mass is 10.1. The van der Waals surface area contributed by atoms with Crippen molar-refractivity contribution in [3.8, 4) is 0 Å². The Morgan fingerprint density at radius 1 is 1.62 bits per heavy atom. The topological polar surface area (TPSA) is 58.3 Å². The van der Waals surface area contributed by atoms with Crippen molar-refractivity contribution in [2.75, 3.05) is 19.7 Å². The van der Waals surface area contributed by atoms with Gasteiger partial charge in [-0.15, -0.1) is 0 Å². The highest BCUT2D eigenvalue weighted by Crippen LogP contribution is 2.03. The van der Waals surface area contributed by atoms with Crippen LogP contribution in [0, 0.1) is 5.92 Å². The standard InChI is InChI=1S/C5H12N2O/c6-5-2-7-1-4(5)3-8/h4-5,7-8H,1-3,6H2. The van der Waals surface area contributed by atoms with Crippen LogP contribution in [0.2, 0.25) is 0 Å². The maximum atomic E-state index is 8.62. The molecule has 0 aromatic rings. The first-order valence-corrected chi connectivity index (χ1v) is 2.91. The number of nitrogens with two attached hydrogens (primary N) is 1.